The molecule has 2 heterocycles. The van der Waals surface area contributed by atoms with Crippen molar-refractivity contribution >= 4 is 22.3 Å². The van der Waals surface area contributed by atoms with E-state index in [1.807, 2.05) is 20.8 Å². The molecule has 0 atom stereocenters. The second kappa shape index (κ2) is 4.64. The molecule has 0 saturated carbocycles. The van der Waals surface area contributed by atoms with E-state index in [1.165, 1.54) is 11.3 Å². The number of esters is 1. The van der Waals surface area contributed by atoms with Gasteiger partial charge in [0, 0.05) is 6.42 Å². The van der Waals surface area contributed by atoms with Gasteiger partial charge in [0.1, 0.15) is 10.4 Å². The molecule has 0 aromatic carbocycles. The number of aromatic nitrogens is 4. The number of nitrogens with zero attached hydrogens (tertiary/aromatic N) is 4. The number of fused-ring (bicyclic) bond motifs is 1. The molecule has 2 rings (SSSR count). The molecular weight excluding hydrogens is 252 g/mol. The first-order valence-corrected chi connectivity index (χ1v) is 6.71. The molecule has 6 nitrogen and oxygen atoms in total. The molecule has 2 aromatic rings. The minimum Gasteiger partial charge on any atom is -0.465 e. The van der Waals surface area contributed by atoms with Crippen molar-refractivity contribution in [2.24, 2.45) is 0 Å². The van der Waals surface area contributed by atoms with Crippen LogP contribution >= 0.6 is 11.3 Å². The molecule has 18 heavy (non-hydrogen) atoms. The van der Waals surface area contributed by atoms with Crippen molar-refractivity contribution in [1.29, 1.82) is 0 Å². The number of ether oxygens (including phenoxy) is 1. The van der Waals surface area contributed by atoms with Crippen LogP contribution < -0.4 is 0 Å². The van der Waals surface area contributed by atoms with Gasteiger partial charge in [0.15, 0.2) is 5.82 Å². The standard InChI is InChI=1S/C11H16N4O2S/c1-5-7-12-13-10-15(7)14-8(18-10)11(3,4)9(16)17-6-2/h5-6H2,1-4H3. The summed E-state index contributed by atoms with van der Waals surface area (Å²) in [6.45, 7) is 7.77. The maximum absolute atomic E-state index is 11.9. The van der Waals surface area contributed by atoms with E-state index in [-0.39, 0.29) is 5.97 Å². The monoisotopic (exact) mass is 268 g/mol. The highest BCUT2D eigenvalue weighted by atomic mass is 32.1. The Morgan fingerprint density at radius 2 is 2.11 bits per heavy atom. The maximum Gasteiger partial charge on any atom is 0.318 e. The van der Waals surface area contributed by atoms with Gasteiger partial charge in [-0.15, -0.1) is 10.2 Å². The Bertz CT molecular complexity index is 573. The molecule has 0 amide bonds. The van der Waals surface area contributed by atoms with Crippen molar-refractivity contribution < 1.29 is 9.53 Å². The lowest BCUT2D eigenvalue weighted by molar-refractivity contribution is -0.148. The van der Waals surface area contributed by atoms with Crippen LogP contribution in [0.2, 0.25) is 0 Å². The van der Waals surface area contributed by atoms with Crippen LogP contribution in [0.4, 0.5) is 0 Å². The highest BCUT2D eigenvalue weighted by Gasteiger charge is 2.35. The minimum atomic E-state index is -0.758. The summed E-state index contributed by atoms with van der Waals surface area (Å²) in [6.07, 6.45) is 0.754. The number of hydrogen-bond donors (Lipinski definition) is 0. The molecule has 0 radical (unpaired) electrons. The molecule has 7 heteroatoms. The first kappa shape index (κ1) is 12.9. The summed E-state index contributed by atoms with van der Waals surface area (Å²) in [7, 11) is 0. The summed E-state index contributed by atoms with van der Waals surface area (Å²) < 4.78 is 6.77. The Hall–Kier alpha value is -1.50. The zero-order chi connectivity index (χ0) is 13.3. The van der Waals surface area contributed by atoms with E-state index < -0.39 is 5.41 Å². The van der Waals surface area contributed by atoms with Crippen molar-refractivity contribution in [1.82, 2.24) is 19.8 Å². The topological polar surface area (TPSA) is 69.4 Å². The lowest BCUT2D eigenvalue weighted by Crippen LogP contribution is -2.31. The van der Waals surface area contributed by atoms with Gasteiger partial charge in [-0.2, -0.15) is 9.61 Å². The van der Waals surface area contributed by atoms with Gasteiger partial charge in [-0.05, 0) is 20.8 Å². The maximum atomic E-state index is 11.9. The van der Waals surface area contributed by atoms with Crippen molar-refractivity contribution in [3.63, 3.8) is 0 Å². The molecule has 0 aliphatic carbocycles. The van der Waals surface area contributed by atoms with Gasteiger partial charge in [-0.25, -0.2) is 0 Å². The van der Waals surface area contributed by atoms with Crippen LogP contribution in [0.3, 0.4) is 0 Å². The van der Waals surface area contributed by atoms with E-state index in [0.29, 0.717) is 16.6 Å². The van der Waals surface area contributed by atoms with Gasteiger partial charge in [0.05, 0.1) is 6.61 Å². The van der Waals surface area contributed by atoms with Gasteiger partial charge in [-0.3, -0.25) is 4.79 Å². The van der Waals surface area contributed by atoms with Gasteiger partial charge in [-0.1, -0.05) is 18.3 Å². The van der Waals surface area contributed by atoms with Crippen molar-refractivity contribution in [3.8, 4) is 0 Å². The summed E-state index contributed by atoms with van der Waals surface area (Å²) in [5.74, 6) is 0.528. The first-order chi connectivity index (χ1) is 8.50. The van der Waals surface area contributed by atoms with Crippen molar-refractivity contribution in [2.75, 3.05) is 6.61 Å². The predicted octanol–water partition coefficient (Wildman–Crippen LogP) is 1.59. The van der Waals surface area contributed by atoms with Crippen LogP contribution in [0.1, 0.15) is 38.5 Å². The average molecular weight is 268 g/mol. The van der Waals surface area contributed by atoms with E-state index in [1.54, 1.807) is 11.4 Å². The largest absolute Gasteiger partial charge is 0.465 e. The Morgan fingerprint density at radius 1 is 1.39 bits per heavy atom. The Morgan fingerprint density at radius 3 is 2.72 bits per heavy atom. The van der Waals surface area contributed by atoms with E-state index in [4.69, 9.17) is 4.74 Å². The fourth-order valence-electron chi connectivity index (χ4n) is 1.53. The quantitative estimate of drug-likeness (QED) is 0.788. The molecule has 0 unspecified atom stereocenters. The summed E-state index contributed by atoms with van der Waals surface area (Å²) in [6, 6.07) is 0. The number of rotatable bonds is 4. The third-order valence-electron chi connectivity index (χ3n) is 2.69. The number of hydrogen-bond acceptors (Lipinski definition) is 6. The lowest BCUT2D eigenvalue weighted by atomic mass is 9.95. The summed E-state index contributed by atoms with van der Waals surface area (Å²) in [5, 5.41) is 13.2. The first-order valence-electron chi connectivity index (χ1n) is 5.89. The van der Waals surface area contributed by atoms with E-state index in [0.717, 1.165) is 12.2 Å². The molecule has 2 aromatic heterocycles. The third kappa shape index (κ3) is 1.98. The van der Waals surface area contributed by atoms with Crippen LogP contribution in [-0.4, -0.2) is 32.4 Å². The molecule has 0 aliphatic heterocycles. The minimum absolute atomic E-state index is 0.270. The van der Waals surface area contributed by atoms with Gasteiger partial charge in [0.25, 0.3) is 0 Å². The van der Waals surface area contributed by atoms with Gasteiger partial charge in [0.2, 0.25) is 4.96 Å². The van der Waals surface area contributed by atoms with E-state index >= 15 is 0 Å². The second-order valence-corrected chi connectivity index (χ2v) is 5.37. The number of aryl methyl sites for hydroxylation is 1. The molecule has 0 N–H and O–H groups in total. The Kier molecular flexibility index (Phi) is 3.34. The van der Waals surface area contributed by atoms with Crippen molar-refractivity contribution in [2.45, 2.75) is 39.5 Å². The van der Waals surface area contributed by atoms with Crippen LogP contribution in [0.15, 0.2) is 0 Å². The van der Waals surface area contributed by atoms with Crippen LogP contribution in [0.5, 0.6) is 0 Å². The molecule has 0 bridgehead atoms. The number of carbonyl (C=O) groups excluding carboxylic acids is 1. The third-order valence-corrected chi connectivity index (χ3v) is 3.91. The van der Waals surface area contributed by atoms with Gasteiger partial charge < -0.3 is 4.74 Å². The highest BCUT2D eigenvalue weighted by molar-refractivity contribution is 7.16. The molecular formula is C11H16N4O2S. The fraction of sp³-hybridized carbons (Fsp3) is 0.636. The molecule has 0 spiro atoms. The average Bonchev–Trinajstić information content (AvgIpc) is 2.88. The molecule has 0 fully saturated rings. The molecule has 98 valence electrons. The Labute approximate surface area is 109 Å². The van der Waals surface area contributed by atoms with Crippen LogP contribution in [-0.2, 0) is 21.4 Å². The number of carbonyl (C=O) groups is 1. The van der Waals surface area contributed by atoms with Crippen LogP contribution in [0.25, 0.3) is 4.96 Å². The Balaban J connectivity index is 2.41. The molecule has 0 aliphatic rings. The smallest absolute Gasteiger partial charge is 0.318 e. The zero-order valence-electron chi connectivity index (χ0n) is 10.9. The summed E-state index contributed by atoms with van der Waals surface area (Å²) in [5.41, 5.74) is -0.758. The zero-order valence-corrected chi connectivity index (χ0v) is 11.7. The summed E-state index contributed by atoms with van der Waals surface area (Å²) in [4.78, 5) is 12.6. The fourth-order valence-corrected chi connectivity index (χ4v) is 2.48. The molecule has 0 saturated heterocycles. The second-order valence-electron chi connectivity index (χ2n) is 4.42. The normalized spacial score (nSPS) is 12.0. The van der Waals surface area contributed by atoms with Crippen LogP contribution in [0, 0.1) is 0 Å². The summed E-state index contributed by atoms with van der Waals surface area (Å²) >= 11 is 1.37. The van der Waals surface area contributed by atoms with Gasteiger partial charge >= 0.3 is 5.97 Å². The van der Waals surface area contributed by atoms with Crippen molar-refractivity contribution in [3.05, 3.63) is 10.8 Å². The predicted molar refractivity (Wildman–Crippen MR) is 67.7 cm³/mol. The lowest BCUT2D eigenvalue weighted by Gasteiger charge is -2.18. The SMILES string of the molecule is CCOC(=O)C(C)(C)c1nn2c(CC)nnc2s1. The van der Waals surface area contributed by atoms with E-state index in [2.05, 4.69) is 15.3 Å². The highest BCUT2D eigenvalue weighted by Crippen LogP contribution is 2.29. The van der Waals surface area contributed by atoms with E-state index in [9.17, 15) is 4.79 Å².